The highest BCUT2D eigenvalue weighted by molar-refractivity contribution is 8.05. The number of carbonyl (C=O) groups excluding carboxylic acids is 1. The number of rotatable bonds is 5. The Morgan fingerprint density at radius 3 is 2.35 bits per heavy atom. The zero-order valence-electron chi connectivity index (χ0n) is 11.7. The van der Waals surface area contributed by atoms with Crippen molar-refractivity contribution in [3.8, 4) is 0 Å². The molecule has 6 heteroatoms. The van der Waals surface area contributed by atoms with Gasteiger partial charge in [-0.1, -0.05) is 24.8 Å². The van der Waals surface area contributed by atoms with Gasteiger partial charge in [-0.2, -0.15) is 13.2 Å². The fraction of sp³-hybridized carbons (Fsp3) is 0.786. The third-order valence-electron chi connectivity index (χ3n) is 4.62. The minimum absolute atomic E-state index is 0.221. The number of thioether (sulfide) groups is 1. The summed E-state index contributed by atoms with van der Waals surface area (Å²) in [6.45, 7) is 5.58. The van der Waals surface area contributed by atoms with E-state index in [9.17, 15) is 18.0 Å². The van der Waals surface area contributed by atoms with E-state index in [1.54, 1.807) is 0 Å². The maximum atomic E-state index is 13.1. The molecule has 1 N–H and O–H groups in total. The molecular weight excluding hydrogens is 287 g/mol. The van der Waals surface area contributed by atoms with Gasteiger partial charge in [0.1, 0.15) is 0 Å². The number of fused-ring (bicyclic) bond motifs is 2. The standard InChI is InChI=1S/C14H20F3NOS/c1-8(19)13(3,14(15,16)17)20-9(2)18-12-7-10-4-5-11(12)6-10/h10-12,18H,2,4-7H2,1,3H3. The molecule has 2 saturated carbocycles. The summed E-state index contributed by atoms with van der Waals surface area (Å²) in [5.41, 5.74) is 0. The molecule has 2 bridgehead atoms. The van der Waals surface area contributed by atoms with Crippen LogP contribution < -0.4 is 5.32 Å². The summed E-state index contributed by atoms with van der Waals surface area (Å²) >= 11 is 0.496. The van der Waals surface area contributed by atoms with Crippen LogP contribution in [0.1, 0.15) is 39.5 Å². The normalized spacial score (nSPS) is 31.9. The number of nitrogens with one attached hydrogen (secondary N) is 1. The molecule has 0 radical (unpaired) electrons. The Balaban J connectivity index is 1.97. The van der Waals surface area contributed by atoms with Crippen molar-refractivity contribution in [2.45, 2.75) is 56.5 Å². The van der Waals surface area contributed by atoms with Gasteiger partial charge in [-0.25, -0.2) is 0 Å². The Hall–Kier alpha value is -0.650. The number of hydrogen-bond donors (Lipinski definition) is 1. The number of ketones is 1. The van der Waals surface area contributed by atoms with E-state index in [-0.39, 0.29) is 11.1 Å². The second-order valence-electron chi connectivity index (χ2n) is 6.04. The van der Waals surface area contributed by atoms with Crippen LogP contribution in [0, 0.1) is 11.8 Å². The van der Waals surface area contributed by atoms with E-state index in [4.69, 9.17) is 0 Å². The second-order valence-corrected chi connectivity index (χ2v) is 7.55. The van der Waals surface area contributed by atoms with Crippen LogP contribution in [-0.2, 0) is 4.79 Å². The van der Waals surface area contributed by atoms with Crippen LogP contribution in [0.3, 0.4) is 0 Å². The van der Waals surface area contributed by atoms with Crippen molar-refractivity contribution in [2.24, 2.45) is 11.8 Å². The molecule has 0 aliphatic heterocycles. The molecule has 0 amide bonds. The summed E-state index contributed by atoms with van der Waals surface area (Å²) in [7, 11) is 0. The van der Waals surface area contributed by atoms with E-state index in [2.05, 4.69) is 11.9 Å². The fourth-order valence-corrected chi connectivity index (χ4v) is 4.20. The summed E-state index contributed by atoms with van der Waals surface area (Å²) in [5, 5.41) is 3.36. The van der Waals surface area contributed by atoms with E-state index >= 15 is 0 Å². The van der Waals surface area contributed by atoms with Gasteiger partial charge < -0.3 is 5.32 Å². The van der Waals surface area contributed by atoms with Crippen LogP contribution in [0.5, 0.6) is 0 Å². The first-order chi connectivity index (χ1) is 9.13. The van der Waals surface area contributed by atoms with Crippen molar-refractivity contribution < 1.29 is 18.0 Å². The van der Waals surface area contributed by atoms with Gasteiger partial charge in [-0.15, -0.1) is 0 Å². The summed E-state index contributed by atoms with van der Waals surface area (Å²) in [6, 6.07) is 0.221. The monoisotopic (exact) mass is 307 g/mol. The van der Waals surface area contributed by atoms with Gasteiger partial charge >= 0.3 is 6.18 Å². The summed E-state index contributed by atoms with van der Waals surface area (Å²) in [4.78, 5) is 11.4. The van der Waals surface area contributed by atoms with Crippen LogP contribution in [0.4, 0.5) is 13.2 Å². The Morgan fingerprint density at radius 1 is 1.30 bits per heavy atom. The first-order valence-corrected chi connectivity index (χ1v) is 7.67. The smallest absolute Gasteiger partial charge is 0.377 e. The predicted octanol–water partition coefficient (Wildman–Crippen LogP) is 3.88. The first-order valence-electron chi connectivity index (χ1n) is 6.85. The molecule has 0 spiro atoms. The molecule has 2 aliphatic carbocycles. The predicted molar refractivity (Wildman–Crippen MR) is 74.2 cm³/mol. The third-order valence-corrected chi connectivity index (χ3v) is 5.92. The lowest BCUT2D eigenvalue weighted by atomic mass is 9.96. The Kier molecular flexibility index (Phi) is 4.15. The largest absolute Gasteiger partial charge is 0.410 e. The maximum Gasteiger partial charge on any atom is 0.410 e. The van der Waals surface area contributed by atoms with Gasteiger partial charge in [-0.05, 0) is 44.9 Å². The van der Waals surface area contributed by atoms with Crippen LogP contribution in [0.15, 0.2) is 11.6 Å². The molecule has 4 atom stereocenters. The molecular formula is C14H20F3NOS. The zero-order chi connectivity index (χ0) is 15.1. The highest BCUT2D eigenvalue weighted by atomic mass is 32.2. The summed E-state index contributed by atoms with van der Waals surface area (Å²) in [6.07, 6.45) is -0.0333. The molecule has 2 nitrogen and oxygen atoms in total. The van der Waals surface area contributed by atoms with Gasteiger partial charge in [0, 0.05) is 6.04 Å². The summed E-state index contributed by atoms with van der Waals surface area (Å²) in [5.74, 6) is 0.356. The van der Waals surface area contributed by atoms with E-state index < -0.39 is 16.7 Å². The molecule has 20 heavy (non-hydrogen) atoms. The van der Waals surface area contributed by atoms with Crippen molar-refractivity contribution >= 4 is 17.5 Å². The van der Waals surface area contributed by atoms with Gasteiger partial charge in [-0.3, -0.25) is 4.79 Å². The lowest BCUT2D eigenvalue weighted by Crippen LogP contribution is -2.46. The molecule has 4 unspecified atom stereocenters. The molecule has 2 aliphatic rings. The van der Waals surface area contributed by atoms with Crippen molar-refractivity contribution in [3.63, 3.8) is 0 Å². The molecule has 0 heterocycles. The molecule has 2 rings (SSSR count). The van der Waals surface area contributed by atoms with E-state index in [1.807, 2.05) is 0 Å². The Bertz CT molecular complexity index is 423. The average Bonchev–Trinajstić information content (AvgIpc) is 2.88. The maximum absolute atomic E-state index is 13.1. The SMILES string of the molecule is C=C(NC1CC2CCC1C2)SC(C)(C(C)=O)C(F)(F)F. The van der Waals surface area contributed by atoms with Crippen molar-refractivity contribution in [1.29, 1.82) is 0 Å². The number of hydrogen-bond acceptors (Lipinski definition) is 3. The molecule has 0 aromatic carbocycles. The minimum atomic E-state index is -4.58. The fourth-order valence-electron chi connectivity index (χ4n) is 3.23. The van der Waals surface area contributed by atoms with Gasteiger partial charge in [0.15, 0.2) is 10.5 Å². The Labute approximate surface area is 121 Å². The molecule has 0 aromatic rings. The van der Waals surface area contributed by atoms with Gasteiger partial charge in [0.2, 0.25) is 0 Å². The van der Waals surface area contributed by atoms with Gasteiger partial charge in [0.25, 0.3) is 0 Å². The molecule has 0 aromatic heterocycles. The number of Topliss-reactive ketones (excluding diaryl/α,β-unsaturated/α-hetero) is 1. The second kappa shape index (κ2) is 5.28. The minimum Gasteiger partial charge on any atom is -0.377 e. The van der Waals surface area contributed by atoms with Crippen LogP contribution in [0.2, 0.25) is 0 Å². The van der Waals surface area contributed by atoms with E-state index in [1.165, 1.54) is 12.8 Å². The highest BCUT2D eigenvalue weighted by Crippen LogP contribution is 2.47. The van der Waals surface area contributed by atoms with Crippen molar-refractivity contribution in [3.05, 3.63) is 11.6 Å². The zero-order valence-corrected chi connectivity index (χ0v) is 12.5. The summed E-state index contributed by atoms with van der Waals surface area (Å²) < 4.78 is 36.8. The van der Waals surface area contributed by atoms with Crippen LogP contribution >= 0.6 is 11.8 Å². The Morgan fingerprint density at radius 2 is 1.95 bits per heavy atom. The van der Waals surface area contributed by atoms with E-state index in [0.717, 1.165) is 26.7 Å². The average molecular weight is 307 g/mol. The lowest BCUT2D eigenvalue weighted by molar-refractivity contribution is -0.165. The van der Waals surface area contributed by atoms with Crippen LogP contribution in [-0.4, -0.2) is 22.7 Å². The lowest BCUT2D eigenvalue weighted by Gasteiger charge is -2.31. The molecule has 114 valence electrons. The number of carbonyl (C=O) groups is 1. The van der Waals surface area contributed by atoms with E-state index in [0.29, 0.717) is 23.6 Å². The van der Waals surface area contributed by atoms with Crippen molar-refractivity contribution in [1.82, 2.24) is 5.32 Å². The topological polar surface area (TPSA) is 29.1 Å². The molecule has 0 saturated heterocycles. The highest BCUT2D eigenvalue weighted by Gasteiger charge is 2.56. The first kappa shape index (κ1) is 15.7. The molecule has 2 fully saturated rings. The number of alkyl halides is 3. The third kappa shape index (κ3) is 2.85. The van der Waals surface area contributed by atoms with Crippen LogP contribution in [0.25, 0.3) is 0 Å². The van der Waals surface area contributed by atoms with Gasteiger partial charge in [0.05, 0.1) is 5.03 Å². The van der Waals surface area contributed by atoms with Crippen molar-refractivity contribution in [2.75, 3.05) is 0 Å². The number of halogens is 3. The quantitative estimate of drug-likeness (QED) is 0.836.